The van der Waals surface area contributed by atoms with Crippen LogP contribution < -0.4 is 25.2 Å². The molecule has 4 fully saturated rings. The minimum Gasteiger partial charge on any atom is -0.494 e. The largest absolute Gasteiger partial charge is 0.573 e. The van der Waals surface area contributed by atoms with E-state index in [2.05, 4.69) is 4.74 Å². The number of hydrogen-bond acceptors (Lipinski definition) is 17. The van der Waals surface area contributed by atoms with Crippen LogP contribution in [0.2, 0.25) is 5.02 Å². The topological polar surface area (TPSA) is 272 Å². The molecule has 0 aromatic heterocycles. The van der Waals surface area contributed by atoms with Gasteiger partial charge in [-0.2, -0.15) is 0 Å². The molecular weight excluding hydrogens is 1070 g/mol. The zero-order chi connectivity index (χ0) is 54.7. The van der Waals surface area contributed by atoms with Crippen LogP contribution in [0.3, 0.4) is 0 Å². The number of benzene rings is 4. The molecule has 27 heteroatoms. The Bertz CT molecular complexity index is 2890. The molecule has 4 aliphatic rings. The van der Waals surface area contributed by atoms with Crippen molar-refractivity contribution in [3.63, 3.8) is 0 Å². The van der Waals surface area contributed by atoms with Crippen LogP contribution in [0, 0.1) is 0 Å². The Morgan fingerprint density at radius 2 is 1.04 bits per heavy atom. The summed E-state index contributed by atoms with van der Waals surface area (Å²) in [4.78, 5) is 52.0. The third kappa shape index (κ3) is 13.2. The molecule has 76 heavy (non-hydrogen) atoms. The van der Waals surface area contributed by atoms with Gasteiger partial charge in [-0.25, -0.2) is 37.4 Å². The Morgan fingerprint density at radius 3 is 1.43 bits per heavy atom. The number of alkyl halides is 3. The highest BCUT2D eigenvalue weighted by molar-refractivity contribution is 7.94. The van der Waals surface area contributed by atoms with Crippen molar-refractivity contribution < 1.29 is 92.8 Å². The Hall–Kier alpha value is -6.42. The van der Waals surface area contributed by atoms with Gasteiger partial charge in [-0.3, -0.25) is 20.0 Å². The maximum Gasteiger partial charge on any atom is 0.573 e. The quantitative estimate of drug-likeness (QED) is 0.0443. The highest BCUT2D eigenvalue weighted by atomic mass is 35.5. The molecule has 2 atom stereocenters. The maximum absolute atomic E-state index is 13.3. The zero-order valence-electron chi connectivity index (χ0n) is 40.4. The van der Waals surface area contributed by atoms with Crippen LogP contribution >= 0.6 is 11.6 Å². The number of carbonyl (C=O) groups excluding carboxylic acids is 4. The fourth-order valence-electron chi connectivity index (χ4n) is 8.93. The van der Waals surface area contributed by atoms with Crippen LogP contribution in [-0.4, -0.2) is 143 Å². The molecule has 412 valence electrons. The number of halogens is 4. The monoisotopic (exact) mass is 1130 g/mol. The van der Waals surface area contributed by atoms with Crippen LogP contribution in [0.5, 0.6) is 17.2 Å². The molecular formula is C49H54ClF3N4O17S2. The summed E-state index contributed by atoms with van der Waals surface area (Å²) in [5.74, 6) is -1.54. The van der Waals surface area contributed by atoms with E-state index in [4.69, 9.17) is 50.4 Å². The summed E-state index contributed by atoms with van der Waals surface area (Å²) in [6, 6.07) is 23.6. The predicted octanol–water partition coefficient (Wildman–Crippen LogP) is 6.51. The van der Waals surface area contributed by atoms with Crippen molar-refractivity contribution in [3.8, 4) is 17.2 Å². The van der Waals surface area contributed by atoms with Crippen molar-refractivity contribution in [1.82, 2.24) is 20.8 Å². The van der Waals surface area contributed by atoms with E-state index in [0.717, 1.165) is 17.7 Å². The smallest absolute Gasteiger partial charge is 0.494 e. The number of cyclic esters (lactones) is 2. The van der Waals surface area contributed by atoms with Crippen molar-refractivity contribution in [2.24, 2.45) is 0 Å². The Balaban J connectivity index is 0.000000222. The number of ether oxygens (including phenoxy) is 7. The molecule has 4 aromatic carbocycles. The van der Waals surface area contributed by atoms with E-state index in [1.165, 1.54) is 76.5 Å². The molecule has 4 N–H and O–H groups in total. The van der Waals surface area contributed by atoms with Gasteiger partial charge in [-0.1, -0.05) is 35.9 Å². The molecule has 21 nitrogen and oxygen atoms in total. The lowest BCUT2D eigenvalue weighted by molar-refractivity contribution is -0.274. The van der Waals surface area contributed by atoms with E-state index in [0.29, 0.717) is 54.6 Å². The lowest BCUT2D eigenvalue weighted by Crippen LogP contribution is -2.54. The van der Waals surface area contributed by atoms with Gasteiger partial charge in [0, 0.05) is 44.5 Å². The fourth-order valence-corrected chi connectivity index (χ4v) is 13.0. The highest BCUT2D eigenvalue weighted by Gasteiger charge is 2.53. The van der Waals surface area contributed by atoms with Crippen molar-refractivity contribution in [1.29, 1.82) is 0 Å². The van der Waals surface area contributed by atoms with Crippen LogP contribution in [0.25, 0.3) is 0 Å². The van der Waals surface area contributed by atoms with Crippen LogP contribution in [-0.2, 0) is 48.2 Å². The Labute approximate surface area is 439 Å². The minimum atomic E-state index is -4.80. The molecule has 0 bridgehead atoms. The summed E-state index contributed by atoms with van der Waals surface area (Å²) in [6.45, 7) is 2.14. The summed E-state index contributed by atoms with van der Waals surface area (Å²) in [5, 5.41) is 18.9. The van der Waals surface area contributed by atoms with E-state index < -0.39 is 65.6 Å². The van der Waals surface area contributed by atoms with Gasteiger partial charge in [0.2, 0.25) is 0 Å². The molecule has 4 aromatic rings. The lowest BCUT2D eigenvalue weighted by atomic mass is 9.98. The standard InChI is InChI=1S/C25H27F3N2O9S.C24H27ClN2O8S/c26-25(27,28)39-19-4-2-17(3-5-19)21-16-30(23(32)38-21)12-1-13-37-18-6-8-20(9-7-18)40(34,35)24(22(31)29-33)10-14-36-15-11-24;25-18-4-1-3-17(15-18)21-16-27(23(29)35-21)11-2-12-34-19-5-7-20(8-6-19)36(31,32)24(22(28)26-30)9-13-33-14-10-24/h2-9,21,33H,1,10-16H2,(H,29,31);1,3-8,15,21,30H,2,9-14,16H2,(H,26,28). The first-order valence-electron chi connectivity index (χ1n) is 23.7. The third-order valence-electron chi connectivity index (χ3n) is 13.1. The first-order chi connectivity index (χ1) is 36.2. The second kappa shape index (κ2) is 24.7. The summed E-state index contributed by atoms with van der Waals surface area (Å²) in [5.41, 5.74) is 4.32. The van der Waals surface area contributed by atoms with Gasteiger partial charge in [0.15, 0.2) is 29.2 Å². The SMILES string of the molecule is O=C1OC(c2ccc(OC(F)(F)F)cc2)CN1CCCOc1ccc(S(=O)(=O)C2(C(=O)NO)CCOCC2)cc1.O=C1OC(c2cccc(Cl)c2)CN1CCCOc1ccc(S(=O)(=O)C2(C(=O)NO)CCOCC2)cc1. The number of rotatable bonds is 19. The first kappa shape index (κ1) is 57.3. The number of hydrogen-bond donors (Lipinski definition) is 4. The first-order valence-corrected chi connectivity index (χ1v) is 27.1. The second-order valence-corrected chi connectivity index (χ2v) is 22.7. The predicted molar refractivity (Wildman–Crippen MR) is 259 cm³/mol. The fraction of sp³-hybridized carbons (Fsp3) is 0.429. The minimum absolute atomic E-state index is 0.0489. The molecule has 8 rings (SSSR count). The molecule has 4 aliphatic heterocycles. The van der Waals surface area contributed by atoms with Gasteiger partial charge in [0.1, 0.15) is 29.5 Å². The van der Waals surface area contributed by atoms with Gasteiger partial charge < -0.3 is 43.0 Å². The van der Waals surface area contributed by atoms with E-state index >= 15 is 0 Å². The average Bonchev–Trinajstić information content (AvgIpc) is 3.99. The van der Waals surface area contributed by atoms with Crippen molar-refractivity contribution in [2.45, 2.75) is 76.4 Å². The molecule has 0 spiro atoms. The molecule has 2 unspecified atom stereocenters. The Kier molecular flexibility index (Phi) is 18.6. The number of hydroxylamine groups is 2. The molecule has 0 radical (unpaired) electrons. The summed E-state index contributed by atoms with van der Waals surface area (Å²) < 4.78 is 123. The number of sulfone groups is 2. The molecule has 4 amide bonds. The van der Waals surface area contributed by atoms with Gasteiger partial charge in [-0.05, 0) is 122 Å². The van der Waals surface area contributed by atoms with Crippen LogP contribution in [0.15, 0.2) is 107 Å². The van der Waals surface area contributed by atoms with Gasteiger partial charge >= 0.3 is 18.5 Å². The number of nitrogens with one attached hydrogen (secondary N) is 2. The molecule has 4 saturated heterocycles. The zero-order valence-corrected chi connectivity index (χ0v) is 42.8. The molecule has 4 heterocycles. The highest BCUT2D eigenvalue weighted by Crippen LogP contribution is 2.38. The van der Waals surface area contributed by atoms with Gasteiger partial charge in [0.05, 0.1) is 36.1 Å². The van der Waals surface area contributed by atoms with Crippen LogP contribution in [0.1, 0.15) is 61.9 Å². The lowest BCUT2D eigenvalue weighted by Gasteiger charge is -2.34. The number of amides is 4. The number of carbonyl (C=O) groups is 4. The van der Waals surface area contributed by atoms with Crippen molar-refractivity contribution in [2.75, 3.05) is 65.8 Å². The van der Waals surface area contributed by atoms with E-state index in [9.17, 15) is 49.2 Å². The van der Waals surface area contributed by atoms with E-state index in [-0.39, 0.29) is 93.5 Å². The normalized spacial score (nSPS) is 19.3. The van der Waals surface area contributed by atoms with Crippen molar-refractivity contribution >= 4 is 55.3 Å². The van der Waals surface area contributed by atoms with Crippen molar-refractivity contribution in [3.05, 3.63) is 113 Å². The number of nitrogens with zero attached hydrogens (tertiary/aromatic N) is 2. The van der Waals surface area contributed by atoms with E-state index in [1.54, 1.807) is 17.0 Å². The Morgan fingerprint density at radius 1 is 0.632 bits per heavy atom. The van der Waals surface area contributed by atoms with Gasteiger partial charge in [0.25, 0.3) is 11.8 Å². The third-order valence-corrected chi connectivity index (χ3v) is 18.4. The summed E-state index contributed by atoms with van der Waals surface area (Å²) >= 11 is 6.02. The summed E-state index contributed by atoms with van der Waals surface area (Å²) in [7, 11) is -8.25. The van der Waals surface area contributed by atoms with Gasteiger partial charge in [-0.15, -0.1) is 13.2 Å². The van der Waals surface area contributed by atoms with Crippen LogP contribution in [0.4, 0.5) is 22.8 Å². The van der Waals surface area contributed by atoms with E-state index in [1.807, 2.05) is 12.1 Å². The molecule has 0 saturated carbocycles. The average molecular weight is 1130 g/mol. The second-order valence-electron chi connectivity index (χ2n) is 17.8. The molecule has 0 aliphatic carbocycles. The maximum atomic E-state index is 13.3. The summed E-state index contributed by atoms with van der Waals surface area (Å²) in [6.07, 6.45) is -6.15.